The van der Waals surface area contributed by atoms with Crippen LogP contribution in [0.1, 0.15) is 134 Å². The maximum Gasteiger partial charge on any atom is -0.0162 e. The highest BCUT2D eigenvalue weighted by molar-refractivity contribution is 5.26. The smallest absolute Gasteiger partial charge is 0.0162 e. The molecule has 0 bridgehead atoms. The summed E-state index contributed by atoms with van der Waals surface area (Å²) in [7, 11) is 0. The molecule has 0 heterocycles. The van der Waals surface area contributed by atoms with Gasteiger partial charge in [-0.2, -0.15) is 0 Å². The Kier molecular flexibility index (Phi) is 10.1. The predicted octanol–water partition coefficient (Wildman–Crippen LogP) is 9.47. The van der Waals surface area contributed by atoms with E-state index < -0.39 is 0 Å². The second kappa shape index (κ2) is 12.8. The predicted molar refractivity (Wildman–Crippen MR) is 129 cm³/mol. The molecule has 1 aromatic carbocycles. The molecule has 0 spiro atoms. The molecular weight excluding hydrogens is 348 g/mol. The van der Waals surface area contributed by atoms with Gasteiger partial charge in [-0.05, 0) is 86.2 Å². The third-order valence-corrected chi connectivity index (χ3v) is 8.32. The first-order valence-electron chi connectivity index (χ1n) is 13.4. The van der Waals surface area contributed by atoms with Crippen molar-refractivity contribution in [1.82, 2.24) is 0 Å². The fourth-order valence-electron chi connectivity index (χ4n) is 6.27. The molecule has 1 aromatic rings. The fraction of sp³-hybridized carbons (Fsp3) is 0.793. The molecule has 0 heteroatoms. The highest BCUT2D eigenvalue weighted by atomic mass is 14.4. The van der Waals surface area contributed by atoms with Gasteiger partial charge in [-0.1, -0.05) is 95.9 Å². The lowest BCUT2D eigenvalue weighted by Crippen LogP contribution is -2.25. The van der Waals surface area contributed by atoms with Crippen LogP contribution in [0.3, 0.4) is 0 Å². The van der Waals surface area contributed by atoms with E-state index in [0.717, 1.165) is 23.7 Å². The van der Waals surface area contributed by atoms with Crippen molar-refractivity contribution in [1.29, 1.82) is 0 Å². The van der Waals surface area contributed by atoms with Crippen LogP contribution in [0.5, 0.6) is 0 Å². The molecule has 0 atom stereocenters. The maximum atomic E-state index is 2.45. The number of hydrogen-bond acceptors (Lipinski definition) is 0. The van der Waals surface area contributed by atoms with E-state index in [-0.39, 0.29) is 0 Å². The number of unbranched alkanes of at least 4 members (excludes halogenated alkanes) is 5. The molecule has 0 aromatic heterocycles. The van der Waals surface area contributed by atoms with Gasteiger partial charge in [0.2, 0.25) is 0 Å². The third-order valence-electron chi connectivity index (χ3n) is 8.32. The Labute approximate surface area is 182 Å². The summed E-state index contributed by atoms with van der Waals surface area (Å²) in [4.78, 5) is 0. The molecule has 0 radical (unpaired) electrons. The van der Waals surface area contributed by atoms with Crippen molar-refractivity contribution in [3.05, 3.63) is 35.4 Å². The summed E-state index contributed by atoms with van der Waals surface area (Å²) in [6.45, 7) is 4.61. The van der Waals surface area contributed by atoms with Crippen molar-refractivity contribution in [2.45, 2.75) is 129 Å². The molecule has 164 valence electrons. The topological polar surface area (TPSA) is 0 Å². The summed E-state index contributed by atoms with van der Waals surface area (Å²) in [5.74, 6) is 4.01. The van der Waals surface area contributed by atoms with E-state index in [9.17, 15) is 0 Å². The molecular formula is C29H48. The summed E-state index contributed by atoms with van der Waals surface area (Å²) in [6, 6.07) is 9.74. The van der Waals surface area contributed by atoms with Gasteiger partial charge in [0.15, 0.2) is 0 Å². The lowest BCUT2D eigenvalue weighted by atomic mass is 9.68. The van der Waals surface area contributed by atoms with Crippen molar-refractivity contribution < 1.29 is 0 Å². The first-order valence-corrected chi connectivity index (χ1v) is 13.4. The highest BCUT2D eigenvalue weighted by Crippen LogP contribution is 2.44. The standard InChI is InChI=1S/C29H48/c1-3-5-7-9-11-25-14-18-27(19-15-25)29-22-20-28(21-23-29)26-16-12-24(13-17-26)10-8-6-4-2/h12-13,16-17,25,27-29H,3-11,14-15,18-23H2,1-2H3. The minimum Gasteiger partial charge on any atom is -0.0654 e. The van der Waals surface area contributed by atoms with Crippen LogP contribution in [0.2, 0.25) is 0 Å². The molecule has 0 nitrogen and oxygen atoms in total. The van der Waals surface area contributed by atoms with Crippen molar-refractivity contribution in [2.75, 3.05) is 0 Å². The van der Waals surface area contributed by atoms with Crippen molar-refractivity contribution >= 4 is 0 Å². The average Bonchev–Trinajstić information content (AvgIpc) is 2.78. The van der Waals surface area contributed by atoms with E-state index >= 15 is 0 Å². The van der Waals surface area contributed by atoms with Gasteiger partial charge < -0.3 is 0 Å². The highest BCUT2D eigenvalue weighted by Gasteiger charge is 2.31. The number of benzene rings is 1. The van der Waals surface area contributed by atoms with Crippen molar-refractivity contribution in [3.8, 4) is 0 Å². The Bertz CT molecular complexity index is 526. The number of rotatable bonds is 11. The monoisotopic (exact) mass is 396 g/mol. The Hall–Kier alpha value is -0.780. The average molecular weight is 397 g/mol. The molecule has 0 N–H and O–H groups in total. The molecule has 0 amide bonds. The van der Waals surface area contributed by atoms with Crippen molar-refractivity contribution in [2.24, 2.45) is 17.8 Å². The molecule has 0 aliphatic heterocycles. The van der Waals surface area contributed by atoms with E-state index in [2.05, 4.69) is 38.1 Å². The largest absolute Gasteiger partial charge is 0.0654 e. The first-order chi connectivity index (χ1) is 14.3. The zero-order valence-electron chi connectivity index (χ0n) is 19.6. The van der Waals surface area contributed by atoms with E-state index in [4.69, 9.17) is 0 Å². The van der Waals surface area contributed by atoms with Gasteiger partial charge in [0.25, 0.3) is 0 Å². The number of hydrogen-bond donors (Lipinski definition) is 0. The SMILES string of the molecule is CCCCCCC1CCC(C2CCC(c3ccc(CCCCC)cc3)CC2)CC1. The zero-order valence-corrected chi connectivity index (χ0v) is 19.6. The van der Waals surface area contributed by atoms with Crippen LogP contribution < -0.4 is 0 Å². The summed E-state index contributed by atoms with van der Waals surface area (Å²) in [5.41, 5.74) is 3.17. The van der Waals surface area contributed by atoms with Gasteiger partial charge in [-0.15, -0.1) is 0 Å². The van der Waals surface area contributed by atoms with E-state index in [0.29, 0.717) is 0 Å². The summed E-state index contributed by atoms with van der Waals surface area (Å²) < 4.78 is 0. The van der Waals surface area contributed by atoms with Crippen LogP contribution in [0, 0.1) is 17.8 Å². The van der Waals surface area contributed by atoms with E-state index in [1.54, 1.807) is 24.0 Å². The Morgan fingerprint density at radius 1 is 0.621 bits per heavy atom. The minimum absolute atomic E-state index is 0.839. The fourth-order valence-corrected chi connectivity index (χ4v) is 6.27. The maximum absolute atomic E-state index is 2.45. The Balaban J connectivity index is 1.35. The lowest BCUT2D eigenvalue weighted by molar-refractivity contribution is 0.155. The lowest BCUT2D eigenvalue weighted by Gasteiger charge is -2.38. The first kappa shape index (κ1) is 22.9. The minimum atomic E-state index is 0.839. The van der Waals surface area contributed by atoms with Crippen LogP contribution >= 0.6 is 0 Å². The van der Waals surface area contributed by atoms with Gasteiger partial charge in [0, 0.05) is 0 Å². The summed E-state index contributed by atoms with van der Waals surface area (Å²) in [5, 5.41) is 0. The zero-order chi connectivity index (χ0) is 20.3. The Morgan fingerprint density at radius 2 is 1.21 bits per heavy atom. The summed E-state index contributed by atoms with van der Waals surface area (Å²) >= 11 is 0. The Morgan fingerprint density at radius 3 is 1.83 bits per heavy atom. The quantitative estimate of drug-likeness (QED) is 0.327. The van der Waals surface area contributed by atoms with Gasteiger partial charge in [0.05, 0.1) is 0 Å². The van der Waals surface area contributed by atoms with Gasteiger partial charge >= 0.3 is 0 Å². The van der Waals surface area contributed by atoms with Gasteiger partial charge in [0.1, 0.15) is 0 Å². The van der Waals surface area contributed by atoms with E-state index in [1.807, 2.05) is 0 Å². The van der Waals surface area contributed by atoms with Crippen molar-refractivity contribution in [3.63, 3.8) is 0 Å². The van der Waals surface area contributed by atoms with Crippen LogP contribution in [-0.4, -0.2) is 0 Å². The molecule has 0 saturated heterocycles. The van der Waals surface area contributed by atoms with Crippen LogP contribution in [-0.2, 0) is 6.42 Å². The van der Waals surface area contributed by atoms with Gasteiger partial charge in [-0.25, -0.2) is 0 Å². The van der Waals surface area contributed by atoms with Crippen LogP contribution in [0.4, 0.5) is 0 Å². The number of aryl methyl sites for hydroxylation is 1. The molecule has 2 saturated carbocycles. The molecule has 0 unspecified atom stereocenters. The second-order valence-corrected chi connectivity index (χ2v) is 10.4. The molecule has 2 aliphatic rings. The van der Waals surface area contributed by atoms with Crippen LogP contribution in [0.15, 0.2) is 24.3 Å². The molecule has 3 rings (SSSR count). The molecule has 2 fully saturated rings. The van der Waals surface area contributed by atoms with Gasteiger partial charge in [-0.3, -0.25) is 0 Å². The summed E-state index contributed by atoms with van der Waals surface area (Å²) in [6.07, 6.45) is 24.6. The van der Waals surface area contributed by atoms with E-state index in [1.165, 1.54) is 96.3 Å². The molecule has 2 aliphatic carbocycles. The van der Waals surface area contributed by atoms with Crippen LogP contribution in [0.25, 0.3) is 0 Å². The third kappa shape index (κ3) is 7.45. The second-order valence-electron chi connectivity index (χ2n) is 10.4. The normalized spacial score (nSPS) is 27.8. The molecule has 29 heavy (non-hydrogen) atoms.